The summed E-state index contributed by atoms with van der Waals surface area (Å²) in [6, 6.07) is 10.6. The standard InChI is InChI=1S/C20H19ClF3NO3S/c21-16-6-8-17(9-7-16)29(27,28)18-11-12-25(13-18)19(26)10-3-14-1-4-15(5-2-14)20(22,23)24/h1-2,4-9,18H,3,10-13H2. The zero-order valence-corrected chi connectivity index (χ0v) is 16.9. The van der Waals surface area contributed by atoms with Gasteiger partial charge in [-0.1, -0.05) is 23.7 Å². The minimum atomic E-state index is -4.39. The van der Waals surface area contributed by atoms with Gasteiger partial charge in [-0.05, 0) is 54.8 Å². The second-order valence-electron chi connectivity index (χ2n) is 6.94. The molecule has 0 radical (unpaired) electrons. The molecule has 1 atom stereocenters. The molecule has 2 aromatic rings. The fourth-order valence-electron chi connectivity index (χ4n) is 3.29. The lowest BCUT2D eigenvalue weighted by atomic mass is 10.1. The summed E-state index contributed by atoms with van der Waals surface area (Å²) in [6.07, 6.45) is -3.65. The highest BCUT2D eigenvalue weighted by molar-refractivity contribution is 7.92. The minimum Gasteiger partial charge on any atom is -0.341 e. The molecule has 0 bridgehead atoms. The van der Waals surface area contributed by atoms with E-state index in [9.17, 15) is 26.4 Å². The monoisotopic (exact) mass is 445 g/mol. The quantitative estimate of drug-likeness (QED) is 0.687. The SMILES string of the molecule is O=C(CCc1ccc(C(F)(F)F)cc1)N1CCC(S(=O)(=O)c2ccc(Cl)cc2)C1. The van der Waals surface area contributed by atoms with Crippen molar-refractivity contribution in [3.05, 3.63) is 64.7 Å². The number of rotatable bonds is 5. The van der Waals surface area contributed by atoms with Crippen LogP contribution in [0.4, 0.5) is 13.2 Å². The average Bonchev–Trinajstić information content (AvgIpc) is 3.17. The Morgan fingerprint density at radius 2 is 1.69 bits per heavy atom. The van der Waals surface area contributed by atoms with Crippen molar-refractivity contribution in [2.45, 2.75) is 35.6 Å². The molecule has 29 heavy (non-hydrogen) atoms. The minimum absolute atomic E-state index is 0.108. The highest BCUT2D eigenvalue weighted by Gasteiger charge is 2.36. The Labute approximate surface area is 172 Å². The van der Waals surface area contributed by atoms with Gasteiger partial charge in [-0.25, -0.2) is 8.42 Å². The first-order valence-corrected chi connectivity index (χ1v) is 10.9. The lowest BCUT2D eigenvalue weighted by Gasteiger charge is -2.17. The van der Waals surface area contributed by atoms with E-state index in [0.717, 1.165) is 12.1 Å². The van der Waals surface area contributed by atoms with Crippen molar-refractivity contribution < 1.29 is 26.4 Å². The summed E-state index contributed by atoms with van der Waals surface area (Å²) in [5.41, 5.74) is -0.113. The third-order valence-electron chi connectivity index (χ3n) is 4.99. The Morgan fingerprint density at radius 3 is 2.28 bits per heavy atom. The van der Waals surface area contributed by atoms with E-state index in [1.165, 1.54) is 41.3 Å². The second kappa shape index (κ2) is 8.36. The molecule has 1 aliphatic heterocycles. The number of benzene rings is 2. The summed E-state index contributed by atoms with van der Waals surface area (Å²) >= 11 is 5.80. The zero-order chi connectivity index (χ0) is 21.2. The molecule has 1 unspecified atom stereocenters. The molecule has 156 valence electrons. The van der Waals surface area contributed by atoms with Gasteiger partial charge in [0.25, 0.3) is 0 Å². The third-order valence-corrected chi connectivity index (χ3v) is 7.43. The van der Waals surface area contributed by atoms with Crippen molar-refractivity contribution in [1.82, 2.24) is 4.90 Å². The van der Waals surface area contributed by atoms with Crippen molar-refractivity contribution in [3.63, 3.8) is 0 Å². The van der Waals surface area contributed by atoms with E-state index in [4.69, 9.17) is 11.6 Å². The maximum Gasteiger partial charge on any atom is 0.416 e. The van der Waals surface area contributed by atoms with Crippen LogP contribution in [-0.2, 0) is 27.2 Å². The maximum absolute atomic E-state index is 12.7. The van der Waals surface area contributed by atoms with Crippen molar-refractivity contribution in [2.24, 2.45) is 0 Å². The Morgan fingerprint density at radius 1 is 1.07 bits per heavy atom. The van der Waals surface area contributed by atoms with E-state index < -0.39 is 26.8 Å². The van der Waals surface area contributed by atoms with Gasteiger partial charge in [-0.3, -0.25) is 4.79 Å². The largest absolute Gasteiger partial charge is 0.416 e. The fraction of sp³-hybridized carbons (Fsp3) is 0.350. The summed E-state index contributed by atoms with van der Waals surface area (Å²) in [5, 5.41) is -0.242. The summed E-state index contributed by atoms with van der Waals surface area (Å²) in [6.45, 7) is 0.445. The van der Waals surface area contributed by atoms with Crippen molar-refractivity contribution >= 4 is 27.3 Å². The van der Waals surface area contributed by atoms with E-state index in [0.29, 0.717) is 30.0 Å². The van der Waals surface area contributed by atoms with Gasteiger partial charge in [0, 0.05) is 24.5 Å². The van der Waals surface area contributed by atoms with Crippen LogP contribution in [0.5, 0.6) is 0 Å². The van der Waals surface area contributed by atoms with Crippen LogP contribution in [0.3, 0.4) is 0 Å². The lowest BCUT2D eigenvalue weighted by molar-refractivity contribution is -0.137. The molecule has 2 aromatic carbocycles. The molecule has 1 heterocycles. The van der Waals surface area contributed by atoms with Crippen LogP contribution in [0.25, 0.3) is 0 Å². The van der Waals surface area contributed by atoms with Crippen LogP contribution < -0.4 is 0 Å². The molecule has 3 rings (SSSR count). The number of aryl methyl sites for hydroxylation is 1. The van der Waals surface area contributed by atoms with Gasteiger partial charge in [0.05, 0.1) is 15.7 Å². The summed E-state index contributed by atoms with van der Waals surface area (Å²) < 4.78 is 63.3. The molecule has 0 aromatic heterocycles. The molecular formula is C20H19ClF3NO3S. The molecule has 0 spiro atoms. The first kappa shape index (κ1) is 21.6. The highest BCUT2D eigenvalue weighted by Crippen LogP contribution is 2.29. The Bertz CT molecular complexity index is 974. The van der Waals surface area contributed by atoms with E-state index in [-0.39, 0.29) is 23.8 Å². The van der Waals surface area contributed by atoms with Crippen LogP contribution in [0, 0.1) is 0 Å². The van der Waals surface area contributed by atoms with E-state index >= 15 is 0 Å². The summed E-state index contributed by atoms with van der Waals surface area (Å²) in [4.78, 5) is 14.1. The van der Waals surface area contributed by atoms with Gasteiger partial charge in [0.2, 0.25) is 5.91 Å². The third kappa shape index (κ3) is 5.11. The number of nitrogens with zero attached hydrogens (tertiary/aromatic N) is 1. The number of hydrogen-bond donors (Lipinski definition) is 0. The van der Waals surface area contributed by atoms with Gasteiger partial charge < -0.3 is 4.90 Å². The molecular weight excluding hydrogens is 427 g/mol. The number of carbonyl (C=O) groups excluding carboxylic acids is 1. The predicted molar refractivity (Wildman–Crippen MR) is 103 cm³/mol. The Balaban J connectivity index is 1.57. The predicted octanol–water partition coefficient (Wildman–Crippen LogP) is 4.37. The molecule has 1 aliphatic rings. The molecule has 1 amide bonds. The number of halogens is 4. The van der Waals surface area contributed by atoms with Crippen LogP contribution >= 0.6 is 11.6 Å². The zero-order valence-electron chi connectivity index (χ0n) is 15.3. The van der Waals surface area contributed by atoms with E-state index in [2.05, 4.69) is 0 Å². The summed E-state index contributed by atoms with van der Waals surface area (Å²) in [7, 11) is -3.57. The van der Waals surface area contributed by atoms with Crippen molar-refractivity contribution in [1.29, 1.82) is 0 Å². The van der Waals surface area contributed by atoms with Crippen LogP contribution in [0.1, 0.15) is 24.0 Å². The van der Waals surface area contributed by atoms with Crippen LogP contribution in [0.2, 0.25) is 5.02 Å². The smallest absolute Gasteiger partial charge is 0.341 e. The molecule has 9 heteroatoms. The first-order chi connectivity index (χ1) is 13.6. The van der Waals surface area contributed by atoms with Crippen molar-refractivity contribution in [3.8, 4) is 0 Å². The summed E-state index contributed by atoms with van der Waals surface area (Å²) in [5.74, 6) is -0.210. The maximum atomic E-state index is 12.7. The van der Waals surface area contributed by atoms with Gasteiger partial charge in [-0.2, -0.15) is 13.2 Å². The number of alkyl halides is 3. The molecule has 1 fully saturated rings. The van der Waals surface area contributed by atoms with E-state index in [1.54, 1.807) is 0 Å². The fourth-order valence-corrected chi connectivity index (χ4v) is 5.11. The van der Waals surface area contributed by atoms with Crippen molar-refractivity contribution in [2.75, 3.05) is 13.1 Å². The average molecular weight is 446 g/mol. The number of likely N-dealkylation sites (tertiary alicyclic amines) is 1. The first-order valence-electron chi connectivity index (χ1n) is 9.01. The molecule has 1 saturated heterocycles. The molecule has 0 N–H and O–H groups in total. The van der Waals surface area contributed by atoms with Gasteiger partial charge in [0.1, 0.15) is 0 Å². The second-order valence-corrected chi connectivity index (χ2v) is 9.61. The topological polar surface area (TPSA) is 54.5 Å². The van der Waals surface area contributed by atoms with Gasteiger partial charge in [0.15, 0.2) is 9.84 Å². The molecule has 4 nitrogen and oxygen atoms in total. The number of hydrogen-bond acceptors (Lipinski definition) is 3. The van der Waals surface area contributed by atoms with Crippen LogP contribution in [0.15, 0.2) is 53.4 Å². The molecule has 0 saturated carbocycles. The number of amides is 1. The Hall–Kier alpha value is -2.06. The number of sulfone groups is 1. The Kier molecular flexibility index (Phi) is 6.24. The van der Waals surface area contributed by atoms with E-state index in [1.807, 2.05) is 0 Å². The van der Waals surface area contributed by atoms with Crippen LogP contribution in [-0.4, -0.2) is 37.6 Å². The lowest BCUT2D eigenvalue weighted by Crippen LogP contribution is -2.32. The molecule has 0 aliphatic carbocycles. The normalized spacial score (nSPS) is 17.5. The highest BCUT2D eigenvalue weighted by atomic mass is 35.5. The van der Waals surface area contributed by atoms with Gasteiger partial charge in [-0.15, -0.1) is 0 Å². The number of carbonyl (C=O) groups is 1. The van der Waals surface area contributed by atoms with Gasteiger partial charge >= 0.3 is 6.18 Å².